The van der Waals surface area contributed by atoms with Crippen molar-refractivity contribution in [1.29, 1.82) is 0 Å². The number of imidazole rings is 1. The summed E-state index contributed by atoms with van der Waals surface area (Å²) in [5, 5.41) is 4.31. The number of anilines is 1. The number of rotatable bonds is 4. The summed E-state index contributed by atoms with van der Waals surface area (Å²) in [5.41, 5.74) is 1.07. The number of ether oxygens (including phenoxy) is 2. The average molecular weight is 414 g/mol. The monoisotopic (exact) mass is 413 g/mol. The van der Waals surface area contributed by atoms with Gasteiger partial charge in [-0.15, -0.1) is 11.3 Å². The van der Waals surface area contributed by atoms with Crippen LogP contribution >= 0.6 is 22.9 Å². The van der Waals surface area contributed by atoms with Gasteiger partial charge in [0.2, 0.25) is 5.95 Å². The molecule has 0 radical (unpaired) electrons. The minimum absolute atomic E-state index is 0.561. The third-order valence-corrected chi connectivity index (χ3v) is 5.62. The van der Waals surface area contributed by atoms with Gasteiger partial charge in [0.25, 0.3) is 0 Å². The molecule has 5 rings (SSSR count). The molecule has 142 valence electrons. The van der Waals surface area contributed by atoms with Crippen molar-refractivity contribution in [2.45, 2.75) is 13.5 Å². The Bertz CT molecular complexity index is 1170. The summed E-state index contributed by atoms with van der Waals surface area (Å²) >= 11 is 7.66. The van der Waals surface area contributed by atoms with Crippen LogP contribution in [0.25, 0.3) is 16.2 Å². The number of thiophene rings is 1. The van der Waals surface area contributed by atoms with Crippen LogP contribution in [0.2, 0.25) is 4.34 Å². The Morgan fingerprint density at radius 2 is 2.04 bits per heavy atom. The smallest absolute Gasteiger partial charge is 0.238 e. The molecule has 0 amide bonds. The lowest BCUT2D eigenvalue weighted by Crippen LogP contribution is -2.15. The number of hydrogen-bond acceptors (Lipinski definition) is 7. The van der Waals surface area contributed by atoms with Crippen LogP contribution in [0.4, 0.5) is 5.82 Å². The maximum atomic E-state index is 6.23. The first-order valence-corrected chi connectivity index (χ1v) is 9.96. The Hall–Kier alpha value is -2.84. The van der Waals surface area contributed by atoms with E-state index in [1.807, 2.05) is 42.0 Å². The van der Waals surface area contributed by atoms with Gasteiger partial charge in [-0.05, 0) is 30.7 Å². The maximum Gasteiger partial charge on any atom is 0.238 e. The molecule has 0 aliphatic carbocycles. The Balaban J connectivity index is 1.49. The van der Waals surface area contributed by atoms with E-state index < -0.39 is 0 Å². The topological polar surface area (TPSA) is 74.1 Å². The lowest BCUT2D eigenvalue weighted by atomic mass is 10.2. The number of hydrogen-bond donors (Lipinski definition) is 1. The highest BCUT2D eigenvalue weighted by molar-refractivity contribution is 7.22. The lowest BCUT2D eigenvalue weighted by molar-refractivity contribution is 0.171. The molecule has 1 aliphatic heterocycles. The number of halogens is 1. The van der Waals surface area contributed by atoms with E-state index in [1.54, 1.807) is 6.20 Å². The van der Waals surface area contributed by atoms with Crippen LogP contribution in [-0.4, -0.2) is 32.7 Å². The molecule has 0 spiro atoms. The second-order valence-electron chi connectivity index (χ2n) is 6.32. The highest BCUT2D eigenvalue weighted by Gasteiger charge is 2.15. The minimum Gasteiger partial charge on any atom is -0.486 e. The molecule has 0 atom stereocenters. The first-order chi connectivity index (χ1) is 13.7. The van der Waals surface area contributed by atoms with Gasteiger partial charge in [0.15, 0.2) is 11.5 Å². The zero-order valence-corrected chi connectivity index (χ0v) is 16.5. The van der Waals surface area contributed by atoms with Gasteiger partial charge in [-0.3, -0.25) is 4.57 Å². The first-order valence-electron chi connectivity index (χ1n) is 8.77. The van der Waals surface area contributed by atoms with E-state index >= 15 is 0 Å². The van der Waals surface area contributed by atoms with Gasteiger partial charge in [-0.25, -0.2) is 9.97 Å². The van der Waals surface area contributed by atoms with Crippen molar-refractivity contribution < 1.29 is 9.47 Å². The van der Waals surface area contributed by atoms with E-state index in [-0.39, 0.29) is 0 Å². The molecule has 28 heavy (non-hydrogen) atoms. The van der Waals surface area contributed by atoms with Crippen LogP contribution in [0.3, 0.4) is 0 Å². The summed E-state index contributed by atoms with van der Waals surface area (Å²) in [6, 6.07) is 7.82. The maximum absolute atomic E-state index is 6.23. The van der Waals surface area contributed by atoms with E-state index in [2.05, 4.69) is 15.3 Å². The standard InChI is InChI=1S/C19H16ClN5O2S/c1-11-21-4-5-25(11)19-23-17(13-9-16(20)28-18(13)24-19)22-10-12-2-3-14-15(8-12)27-7-6-26-14/h2-5,8-9H,6-7,10H2,1H3,(H,22,23,24). The Morgan fingerprint density at radius 1 is 1.18 bits per heavy atom. The van der Waals surface area contributed by atoms with Crippen molar-refractivity contribution in [2.24, 2.45) is 0 Å². The van der Waals surface area contributed by atoms with Crippen molar-refractivity contribution in [3.8, 4) is 17.4 Å². The number of nitrogens with zero attached hydrogens (tertiary/aromatic N) is 4. The number of nitrogens with one attached hydrogen (secondary N) is 1. The molecule has 0 unspecified atom stereocenters. The van der Waals surface area contributed by atoms with Gasteiger partial charge in [-0.1, -0.05) is 17.7 Å². The van der Waals surface area contributed by atoms with Gasteiger partial charge < -0.3 is 14.8 Å². The van der Waals surface area contributed by atoms with Crippen molar-refractivity contribution in [2.75, 3.05) is 18.5 Å². The number of aryl methyl sites for hydroxylation is 1. The van der Waals surface area contributed by atoms with E-state index in [0.717, 1.165) is 38.9 Å². The van der Waals surface area contributed by atoms with Crippen LogP contribution in [-0.2, 0) is 6.54 Å². The summed E-state index contributed by atoms with van der Waals surface area (Å²) in [6.07, 6.45) is 3.57. The fourth-order valence-corrected chi connectivity index (χ4v) is 4.18. The van der Waals surface area contributed by atoms with Crippen molar-refractivity contribution >= 4 is 39.0 Å². The molecule has 0 bridgehead atoms. The molecule has 1 aliphatic rings. The summed E-state index contributed by atoms with van der Waals surface area (Å²) in [4.78, 5) is 14.4. The molecule has 1 aromatic carbocycles. The Labute approximate surface area is 169 Å². The van der Waals surface area contributed by atoms with Crippen LogP contribution < -0.4 is 14.8 Å². The molecule has 7 nitrogen and oxygen atoms in total. The van der Waals surface area contributed by atoms with Crippen molar-refractivity contribution in [1.82, 2.24) is 19.5 Å². The van der Waals surface area contributed by atoms with Crippen LogP contribution in [0.5, 0.6) is 11.5 Å². The zero-order valence-electron chi connectivity index (χ0n) is 15.0. The number of aromatic nitrogens is 4. The second kappa shape index (κ2) is 6.96. The third-order valence-electron chi connectivity index (χ3n) is 4.46. The predicted octanol–water partition coefficient (Wildman–Crippen LogP) is 4.22. The molecule has 0 saturated carbocycles. The fraction of sp³-hybridized carbons (Fsp3) is 0.211. The second-order valence-corrected chi connectivity index (χ2v) is 7.98. The summed E-state index contributed by atoms with van der Waals surface area (Å²) in [6.45, 7) is 3.64. The molecule has 4 heterocycles. The highest BCUT2D eigenvalue weighted by Crippen LogP contribution is 2.34. The van der Waals surface area contributed by atoms with Gasteiger partial charge in [0.05, 0.1) is 9.72 Å². The largest absolute Gasteiger partial charge is 0.486 e. The van der Waals surface area contributed by atoms with Crippen molar-refractivity contribution in [3.05, 3.63) is 52.4 Å². The third kappa shape index (κ3) is 3.14. The molecule has 3 aromatic heterocycles. The van der Waals surface area contributed by atoms with E-state index in [4.69, 9.17) is 26.1 Å². The Kier molecular flexibility index (Phi) is 4.29. The van der Waals surface area contributed by atoms with Gasteiger partial charge in [-0.2, -0.15) is 4.98 Å². The number of fused-ring (bicyclic) bond motifs is 2. The Morgan fingerprint density at radius 3 is 2.86 bits per heavy atom. The molecule has 1 N–H and O–H groups in total. The van der Waals surface area contributed by atoms with Gasteiger partial charge >= 0.3 is 0 Å². The lowest BCUT2D eigenvalue weighted by Gasteiger charge is -2.19. The van der Waals surface area contributed by atoms with E-state index in [9.17, 15) is 0 Å². The van der Waals surface area contributed by atoms with Crippen LogP contribution in [0.15, 0.2) is 36.7 Å². The molecule has 0 fully saturated rings. The fourth-order valence-electron chi connectivity index (χ4n) is 3.10. The quantitative estimate of drug-likeness (QED) is 0.540. The summed E-state index contributed by atoms with van der Waals surface area (Å²) in [5.74, 6) is 3.66. The number of benzene rings is 1. The minimum atomic E-state index is 0.561. The molecule has 9 heteroatoms. The van der Waals surface area contributed by atoms with E-state index in [1.165, 1.54) is 11.3 Å². The predicted molar refractivity (Wildman–Crippen MR) is 109 cm³/mol. The summed E-state index contributed by atoms with van der Waals surface area (Å²) < 4.78 is 13.8. The van der Waals surface area contributed by atoms with E-state index in [0.29, 0.717) is 30.0 Å². The SMILES string of the molecule is Cc1nccn1-c1nc(NCc2ccc3c(c2)OCCO3)c2cc(Cl)sc2n1. The first kappa shape index (κ1) is 17.3. The highest BCUT2D eigenvalue weighted by atomic mass is 35.5. The van der Waals surface area contributed by atoms with Crippen molar-refractivity contribution in [3.63, 3.8) is 0 Å². The molecule has 4 aromatic rings. The normalized spacial score (nSPS) is 13.1. The van der Waals surface area contributed by atoms with Crippen LogP contribution in [0, 0.1) is 6.92 Å². The summed E-state index contributed by atoms with van der Waals surface area (Å²) in [7, 11) is 0. The zero-order chi connectivity index (χ0) is 19.1. The van der Waals surface area contributed by atoms with Gasteiger partial charge in [0, 0.05) is 18.9 Å². The molecular formula is C19H16ClN5O2S. The average Bonchev–Trinajstić information content (AvgIpc) is 3.30. The van der Waals surface area contributed by atoms with Crippen LogP contribution in [0.1, 0.15) is 11.4 Å². The van der Waals surface area contributed by atoms with Gasteiger partial charge in [0.1, 0.15) is 29.7 Å². The molecule has 0 saturated heterocycles. The molecular weight excluding hydrogens is 398 g/mol.